The summed E-state index contributed by atoms with van der Waals surface area (Å²) in [6.45, 7) is 2.45. The molecule has 1 aliphatic heterocycles. The van der Waals surface area contributed by atoms with Gasteiger partial charge >= 0.3 is 0 Å². The van der Waals surface area contributed by atoms with Crippen molar-refractivity contribution in [1.29, 1.82) is 0 Å². The number of amides is 1. The first kappa shape index (κ1) is 22.2. The second-order valence-electron chi connectivity index (χ2n) is 7.69. The van der Waals surface area contributed by atoms with E-state index in [1.807, 2.05) is 78.9 Å². The Morgan fingerprint density at radius 3 is 2.38 bits per heavy atom. The SMILES string of the molecule is O=C(COc1nc2ccccc2nc1N1CCOCC1)Nc1ccccc1Sc1ccccc1. The lowest BCUT2D eigenvalue weighted by molar-refractivity contribution is -0.118. The highest BCUT2D eigenvalue weighted by atomic mass is 32.2. The number of anilines is 2. The van der Waals surface area contributed by atoms with Crippen LogP contribution < -0.4 is 15.0 Å². The Hall–Kier alpha value is -3.62. The normalized spacial score (nSPS) is 13.6. The van der Waals surface area contributed by atoms with Crippen LogP contribution >= 0.6 is 11.8 Å². The van der Waals surface area contributed by atoms with Crippen molar-refractivity contribution in [2.24, 2.45) is 0 Å². The van der Waals surface area contributed by atoms with Gasteiger partial charge in [-0.25, -0.2) is 9.97 Å². The molecule has 1 N–H and O–H groups in total. The van der Waals surface area contributed by atoms with Crippen molar-refractivity contribution < 1.29 is 14.3 Å². The third-order valence-electron chi connectivity index (χ3n) is 5.30. The molecule has 0 aliphatic carbocycles. The van der Waals surface area contributed by atoms with Crippen LogP contribution in [0.2, 0.25) is 0 Å². The quantitative estimate of drug-likeness (QED) is 0.420. The van der Waals surface area contributed by atoms with Gasteiger partial charge < -0.3 is 19.7 Å². The fraction of sp³-hybridized carbons (Fsp3) is 0.192. The Kier molecular flexibility index (Phi) is 6.88. The minimum Gasteiger partial charge on any atom is -0.465 e. The van der Waals surface area contributed by atoms with E-state index < -0.39 is 0 Å². The summed E-state index contributed by atoms with van der Waals surface area (Å²) in [7, 11) is 0. The van der Waals surface area contributed by atoms with Crippen LogP contribution in [0.1, 0.15) is 0 Å². The Morgan fingerprint density at radius 2 is 1.59 bits per heavy atom. The Bertz CT molecular complexity index is 1280. The van der Waals surface area contributed by atoms with Gasteiger partial charge in [0.05, 0.1) is 29.9 Å². The second kappa shape index (κ2) is 10.5. The van der Waals surface area contributed by atoms with Gasteiger partial charge in [0.25, 0.3) is 11.8 Å². The molecule has 1 aromatic heterocycles. The standard InChI is InChI=1S/C26H24N4O3S/c31-24(27-22-12-6-7-13-23(22)34-19-8-2-1-3-9-19)18-33-26-25(30-14-16-32-17-15-30)28-20-10-4-5-11-21(20)29-26/h1-13H,14-18H2,(H,27,31). The van der Waals surface area contributed by atoms with Gasteiger partial charge in [0.1, 0.15) is 0 Å². The number of hydrogen-bond donors (Lipinski definition) is 1. The van der Waals surface area contributed by atoms with Gasteiger partial charge in [0.15, 0.2) is 12.4 Å². The molecule has 172 valence electrons. The van der Waals surface area contributed by atoms with Crippen LogP contribution in [-0.4, -0.2) is 48.8 Å². The van der Waals surface area contributed by atoms with Crippen LogP contribution in [0.5, 0.6) is 5.88 Å². The molecule has 1 fully saturated rings. The number of nitrogens with one attached hydrogen (secondary N) is 1. The maximum atomic E-state index is 12.8. The number of nitrogens with zero attached hydrogens (tertiary/aromatic N) is 3. The number of ether oxygens (including phenoxy) is 2. The molecule has 0 bridgehead atoms. The van der Waals surface area contributed by atoms with Gasteiger partial charge in [-0.1, -0.05) is 54.2 Å². The van der Waals surface area contributed by atoms with Crippen LogP contribution in [-0.2, 0) is 9.53 Å². The van der Waals surface area contributed by atoms with Crippen LogP contribution in [0.4, 0.5) is 11.5 Å². The topological polar surface area (TPSA) is 76.6 Å². The van der Waals surface area contributed by atoms with E-state index in [9.17, 15) is 4.79 Å². The number of carbonyl (C=O) groups excluding carboxylic acids is 1. The molecule has 0 atom stereocenters. The number of rotatable bonds is 7. The number of fused-ring (bicyclic) bond motifs is 1. The molecule has 0 unspecified atom stereocenters. The van der Waals surface area contributed by atoms with Gasteiger partial charge in [-0.3, -0.25) is 4.79 Å². The summed E-state index contributed by atoms with van der Waals surface area (Å²) in [5, 5.41) is 2.97. The first-order valence-corrected chi connectivity index (χ1v) is 11.9. The van der Waals surface area contributed by atoms with Gasteiger partial charge in [-0.15, -0.1) is 0 Å². The fourth-order valence-corrected chi connectivity index (χ4v) is 4.57. The van der Waals surface area contributed by atoms with Crippen molar-refractivity contribution in [3.8, 4) is 5.88 Å². The molecule has 7 nitrogen and oxygen atoms in total. The van der Waals surface area contributed by atoms with E-state index in [1.165, 1.54) is 0 Å². The Labute approximate surface area is 202 Å². The van der Waals surface area contributed by atoms with Crippen molar-refractivity contribution >= 4 is 40.2 Å². The molecule has 5 rings (SSSR count). The third-order valence-corrected chi connectivity index (χ3v) is 6.39. The van der Waals surface area contributed by atoms with Crippen molar-refractivity contribution in [1.82, 2.24) is 9.97 Å². The summed E-state index contributed by atoms with van der Waals surface area (Å²) >= 11 is 1.60. The average Bonchev–Trinajstić information content (AvgIpc) is 2.89. The minimum absolute atomic E-state index is 0.172. The predicted molar refractivity (Wildman–Crippen MR) is 134 cm³/mol. The largest absolute Gasteiger partial charge is 0.465 e. The van der Waals surface area contributed by atoms with Crippen molar-refractivity contribution in [2.45, 2.75) is 9.79 Å². The summed E-state index contributed by atoms with van der Waals surface area (Å²) in [5.41, 5.74) is 2.25. The van der Waals surface area contributed by atoms with E-state index in [2.05, 4.69) is 15.2 Å². The van der Waals surface area contributed by atoms with Crippen molar-refractivity contribution in [3.05, 3.63) is 78.9 Å². The highest BCUT2D eigenvalue weighted by Gasteiger charge is 2.20. The van der Waals surface area contributed by atoms with Gasteiger partial charge in [0.2, 0.25) is 0 Å². The van der Waals surface area contributed by atoms with Crippen LogP contribution in [0.25, 0.3) is 11.0 Å². The summed E-state index contributed by atoms with van der Waals surface area (Å²) < 4.78 is 11.4. The molecule has 8 heteroatoms. The Morgan fingerprint density at radius 1 is 0.912 bits per heavy atom. The molecule has 0 spiro atoms. The molecule has 4 aromatic rings. The lowest BCUT2D eigenvalue weighted by Gasteiger charge is -2.28. The second-order valence-corrected chi connectivity index (χ2v) is 8.80. The number of hydrogen-bond acceptors (Lipinski definition) is 7. The molecule has 1 saturated heterocycles. The number of aromatic nitrogens is 2. The summed E-state index contributed by atoms with van der Waals surface area (Å²) in [5.74, 6) is 0.724. The van der Waals surface area contributed by atoms with Crippen LogP contribution in [0.15, 0.2) is 88.7 Å². The van der Waals surface area contributed by atoms with Gasteiger partial charge in [-0.05, 0) is 36.4 Å². The zero-order valence-electron chi connectivity index (χ0n) is 18.5. The van der Waals surface area contributed by atoms with E-state index in [-0.39, 0.29) is 12.5 Å². The lowest BCUT2D eigenvalue weighted by atomic mass is 10.3. The van der Waals surface area contributed by atoms with E-state index >= 15 is 0 Å². The molecular formula is C26H24N4O3S. The summed E-state index contributed by atoms with van der Waals surface area (Å²) in [6.07, 6.45) is 0. The molecule has 0 saturated carbocycles. The van der Waals surface area contributed by atoms with Gasteiger partial charge in [0, 0.05) is 22.9 Å². The molecule has 1 amide bonds. The molecule has 34 heavy (non-hydrogen) atoms. The average molecular weight is 473 g/mol. The van der Waals surface area contributed by atoms with E-state index in [0.29, 0.717) is 38.0 Å². The first-order valence-electron chi connectivity index (χ1n) is 11.1. The molecule has 0 radical (unpaired) electrons. The number of carbonyl (C=O) groups is 1. The molecular weight excluding hydrogens is 448 g/mol. The fourth-order valence-electron chi connectivity index (χ4n) is 3.65. The zero-order chi connectivity index (χ0) is 23.2. The van der Waals surface area contributed by atoms with E-state index in [4.69, 9.17) is 14.5 Å². The highest BCUT2D eigenvalue weighted by Crippen LogP contribution is 2.33. The van der Waals surface area contributed by atoms with Gasteiger partial charge in [-0.2, -0.15) is 0 Å². The number of benzene rings is 3. The Balaban J connectivity index is 1.32. The first-order chi connectivity index (χ1) is 16.8. The maximum Gasteiger partial charge on any atom is 0.262 e. The maximum absolute atomic E-state index is 12.8. The van der Waals surface area contributed by atoms with Crippen molar-refractivity contribution in [2.75, 3.05) is 43.1 Å². The third kappa shape index (κ3) is 5.30. The molecule has 2 heterocycles. The molecule has 1 aliphatic rings. The number of morpholine rings is 1. The summed E-state index contributed by atoms with van der Waals surface area (Å²) in [6, 6.07) is 25.4. The van der Waals surface area contributed by atoms with Crippen molar-refractivity contribution in [3.63, 3.8) is 0 Å². The zero-order valence-corrected chi connectivity index (χ0v) is 19.3. The highest BCUT2D eigenvalue weighted by molar-refractivity contribution is 7.99. The lowest BCUT2D eigenvalue weighted by Crippen LogP contribution is -2.37. The smallest absolute Gasteiger partial charge is 0.262 e. The van der Waals surface area contributed by atoms with Crippen LogP contribution in [0.3, 0.4) is 0 Å². The minimum atomic E-state index is -0.260. The monoisotopic (exact) mass is 472 g/mol. The molecule has 3 aromatic carbocycles. The number of para-hydroxylation sites is 3. The van der Waals surface area contributed by atoms with E-state index in [0.717, 1.165) is 26.5 Å². The van der Waals surface area contributed by atoms with E-state index in [1.54, 1.807) is 11.8 Å². The predicted octanol–water partition coefficient (Wildman–Crippen LogP) is 4.64. The van der Waals surface area contributed by atoms with Crippen LogP contribution in [0, 0.1) is 0 Å². The summed E-state index contributed by atoms with van der Waals surface area (Å²) in [4.78, 5) is 26.4.